The van der Waals surface area contributed by atoms with E-state index in [1.807, 2.05) is 78.9 Å². The van der Waals surface area contributed by atoms with Gasteiger partial charge in [-0.2, -0.15) is 5.11 Å². The molecule has 0 bridgehead atoms. The summed E-state index contributed by atoms with van der Waals surface area (Å²) >= 11 is 5.94. The Morgan fingerprint density at radius 1 is 0.619 bits per heavy atom. The van der Waals surface area contributed by atoms with E-state index in [1.165, 1.54) is 0 Å². The van der Waals surface area contributed by atoms with Gasteiger partial charge in [-0.05, 0) is 35.9 Å². The van der Waals surface area contributed by atoms with Crippen LogP contribution in [0.15, 0.2) is 89.1 Å². The van der Waals surface area contributed by atoms with Crippen LogP contribution >= 0.6 is 11.6 Å². The maximum absolute atomic E-state index is 5.94. The predicted molar refractivity (Wildman–Crippen MR) is 87.5 cm³/mol. The van der Waals surface area contributed by atoms with E-state index >= 15 is 0 Å². The lowest BCUT2D eigenvalue weighted by atomic mass is 10.0. The molecule has 0 saturated heterocycles. The van der Waals surface area contributed by atoms with Crippen LogP contribution in [0.3, 0.4) is 0 Å². The third-order valence-corrected chi connectivity index (χ3v) is 3.34. The summed E-state index contributed by atoms with van der Waals surface area (Å²) < 4.78 is 0. The molecule has 0 heterocycles. The average Bonchev–Trinajstić information content (AvgIpc) is 2.55. The monoisotopic (exact) mass is 292 g/mol. The van der Waals surface area contributed by atoms with E-state index in [1.54, 1.807) is 0 Å². The summed E-state index contributed by atoms with van der Waals surface area (Å²) in [5.41, 5.74) is 3.78. The van der Waals surface area contributed by atoms with Gasteiger partial charge < -0.3 is 0 Å². The van der Waals surface area contributed by atoms with Crippen molar-refractivity contribution in [2.24, 2.45) is 10.2 Å². The molecule has 2 nitrogen and oxygen atoms in total. The first kappa shape index (κ1) is 13.5. The SMILES string of the molecule is Clc1ccc(-c2ccccc2N=Nc2ccccc2)cc1. The highest BCUT2D eigenvalue weighted by atomic mass is 35.5. The lowest BCUT2D eigenvalue weighted by molar-refractivity contribution is 1.23. The van der Waals surface area contributed by atoms with Gasteiger partial charge in [-0.3, -0.25) is 0 Å². The lowest BCUT2D eigenvalue weighted by Crippen LogP contribution is -1.78. The molecule has 21 heavy (non-hydrogen) atoms. The van der Waals surface area contributed by atoms with E-state index < -0.39 is 0 Å². The van der Waals surface area contributed by atoms with Crippen LogP contribution in [0, 0.1) is 0 Å². The van der Waals surface area contributed by atoms with E-state index in [0.29, 0.717) is 0 Å². The van der Waals surface area contributed by atoms with Crippen molar-refractivity contribution in [3.8, 4) is 11.1 Å². The first-order valence-corrected chi connectivity index (χ1v) is 7.02. The fourth-order valence-electron chi connectivity index (χ4n) is 2.04. The van der Waals surface area contributed by atoms with Crippen molar-refractivity contribution in [2.75, 3.05) is 0 Å². The van der Waals surface area contributed by atoms with Crippen LogP contribution in [0.25, 0.3) is 11.1 Å². The first-order chi connectivity index (χ1) is 10.3. The zero-order valence-electron chi connectivity index (χ0n) is 11.3. The quantitative estimate of drug-likeness (QED) is 0.497. The third-order valence-electron chi connectivity index (χ3n) is 3.09. The number of hydrogen-bond acceptors (Lipinski definition) is 2. The van der Waals surface area contributed by atoms with Crippen LogP contribution in [-0.4, -0.2) is 0 Å². The topological polar surface area (TPSA) is 24.7 Å². The van der Waals surface area contributed by atoms with E-state index in [-0.39, 0.29) is 0 Å². The van der Waals surface area contributed by atoms with Gasteiger partial charge >= 0.3 is 0 Å². The number of nitrogens with zero attached hydrogens (tertiary/aromatic N) is 2. The maximum Gasteiger partial charge on any atom is 0.0935 e. The molecule has 0 fully saturated rings. The van der Waals surface area contributed by atoms with Gasteiger partial charge in [-0.25, -0.2) is 0 Å². The Morgan fingerprint density at radius 2 is 1.29 bits per heavy atom. The van der Waals surface area contributed by atoms with Gasteiger partial charge in [-0.15, -0.1) is 5.11 Å². The Hall–Kier alpha value is -2.45. The van der Waals surface area contributed by atoms with Gasteiger partial charge in [-0.1, -0.05) is 60.1 Å². The first-order valence-electron chi connectivity index (χ1n) is 6.65. The molecule has 3 aromatic rings. The summed E-state index contributed by atoms with van der Waals surface area (Å²) in [4.78, 5) is 0. The van der Waals surface area contributed by atoms with Gasteiger partial charge in [0.05, 0.1) is 11.4 Å². The predicted octanol–water partition coefficient (Wildman–Crippen LogP) is 6.42. The third kappa shape index (κ3) is 3.36. The molecule has 0 aliphatic heterocycles. The van der Waals surface area contributed by atoms with Crippen molar-refractivity contribution in [1.29, 1.82) is 0 Å². The Labute approximate surface area is 128 Å². The second kappa shape index (κ2) is 6.33. The summed E-state index contributed by atoms with van der Waals surface area (Å²) in [5.74, 6) is 0. The minimum Gasteiger partial charge on any atom is -0.151 e. The number of azo groups is 1. The van der Waals surface area contributed by atoms with Crippen molar-refractivity contribution in [1.82, 2.24) is 0 Å². The highest BCUT2D eigenvalue weighted by molar-refractivity contribution is 6.30. The largest absolute Gasteiger partial charge is 0.151 e. The maximum atomic E-state index is 5.94. The number of hydrogen-bond donors (Lipinski definition) is 0. The zero-order valence-corrected chi connectivity index (χ0v) is 12.0. The fraction of sp³-hybridized carbons (Fsp3) is 0. The summed E-state index contributed by atoms with van der Waals surface area (Å²) in [7, 11) is 0. The molecule has 0 saturated carbocycles. The summed E-state index contributed by atoms with van der Waals surface area (Å²) in [6, 6.07) is 25.4. The fourth-order valence-corrected chi connectivity index (χ4v) is 2.17. The van der Waals surface area contributed by atoms with Crippen LogP contribution in [0.1, 0.15) is 0 Å². The van der Waals surface area contributed by atoms with Gasteiger partial charge in [0, 0.05) is 10.6 Å². The normalized spacial score (nSPS) is 10.9. The lowest BCUT2D eigenvalue weighted by Gasteiger charge is -2.05. The van der Waals surface area contributed by atoms with Crippen LogP contribution in [0.5, 0.6) is 0 Å². The Balaban J connectivity index is 1.96. The molecular formula is C18H13ClN2. The van der Waals surface area contributed by atoms with E-state index in [9.17, 15) is 0 Å². The molecule has 3 rings (SSSR count). The summed E-state index contributed by atoms with van der Waals surface area (Å²) in [6.45, 7) is 0. The second-order valence-corrected chi connectivity index (χ2v) is 5.00. The van der Waals surface area contributed by atoms with Crippen molar-refractivity contribution in [2.45, 2.75) is 0 Å². The molecule has 102 valence electrons. The molecule has 0 amide bonds. The second-order valence-electron chi connectivity index (χ2n) is 4.56. The minimum absolute atomic E-state index is 0.724. The molecule has 0 aliphatic rings. The molecule has 3 heteroatoms. The summed E-state index contributed by atoms with van der Waals surface area (Å²) in [6.07, 6.45) is 0. The molecule has 0 spiro atoms. The molecule has 0 aromatic heterocycles. The average molecular weight is 293 g/mol. The van der Waals surface area contributed by atoms with Gasteiger partial charge in [0.15, 0.2) is 0 Å². The Kier molecular flexibility index (Phi) is 4.08. The molecular weight excluding hydrogens is 280 g/mol. The van der Waals surface area contributed by atoms with Crippen LogP contribution < -0.4 is 0 Å². The zero-order chi connectivity index (χ0) is 14.5. The molecule has 0 radical (unpaired) electrons. The molecule has 0 atom stereocenters. The highest BCUT2D eigenvalue weighted by Gasteiger charge is 2.03. The number of rotatable bonds is 3. The Morgan fingerprint density at radius 3 is 2.05 bits per heavy atom. The number of benzene rings is 3. The molecule has 3 aromatic carbocycles. The summed E-state index contributed by atoms with van der Waals surface area (Å²) in [5, 5.41) is 9.37. The van der Waals surface area contributed by atoms with Crippen molar-refractivity contribution in [3.63, 3.8) is 0 Å². The molecule has 0 N–H and O–H groups in total. The van der Waals surface area contributed by atoms with E-state index in [0.717, 1.165) is 27.5 Å². The van der Waals surface area contributed by atoms with Gasteiger partial charge in [0.2, 0.25) is 0 Å². The van der Waals surface area contributed by atoms with E-state index in [2.05, 4.69) is 10.2 Å². The van der Waals surface area contributed by atoms with Gasteiger partial charge in [0.25, 0.3) is 0 Å². The number of halogens is 1. The Bertz CT molecular complexity index is 750. The van der Waals surface area contributed by atoms with Crippen molar-refractivity contribution < 1.29 is 0 Å². The van der Waals surface area contributed by atoms with Crippen molar-refractivity contribution in [3.05, 3.63) is 83.9 Å². The van der Waals surface area contributed by atoms with E-state index in [4.69, 9.17) is 11.6 Å². The standard InChI is InChI=1S/C18H13ClN2/c19-15-12-10-14(11-13-15)17-8-4-5-9-18(17)21-20-16-6-2-1-3-7-16/h1-13H. The van der Waals surface area contributed by atoms with Crippen LogP contribution in [0.4, 0.5) is 11.4 Å². The van der Waals surface area contributed by atoms with Gasteiger partial charge in [0.1, 0.15) is 0 Å². The minimum atomic E-state index is 0.724. The van der Waals surface area contributed by atoms with Crippen LogP contribution in [0.2, 0.25) is 5.02 Å². The molecule has 0 aliphatic carbocycles. The van der Waals surface area contributed by atoms with Crippen molar-refractivity contribution >= 4 is 23.0 Å². The highest BCUT2D eigenvalue weighted by Crippen LogP contribution is 2.31. The smallest absolute Gasteiger partial charge is 0.0935 e. The van der Waals surface area contributed by atoms with Crippen LogP contribution in [-0.2, 0) is 0 Å². The molecule has 0 unspecified atom stereocenters.